The van der Waals surface area contributed by atoms with Gasteiger partial charge in [-0.1, -0.05) is 48.0 Å². The predicted molar refractivity (Wildman–Crippen MR) is 126 cm³/mol. The zero-order valence-corrected chi connectivity index (χ0v) is 19.2. The van der Waals surface area contributed by atoms with Crippen LogP contribution in [0.25, 0.3) is 0 Å². The van der Waals surface area contributed by atoms with Crippen LogP contribution in [-0.2, 0) is 24.3 Å². The van der Waals surface area contributed by atoms with Crippen molar-refractivity contribution >= 4 is 23.5 Å². The average Bonchev–Trinajstić information content (AvgIpc) is 3.32. The number of carbonyl (C=O) groups is 2. The van der Waals surface area contributed by atoms with Gasteiger partial charge in [0.1, 0.15) is 0 Å². The molecule has 32 heavy (non-hydrogen) atoms. The monoisotopic (exact) mass is 454 g/mol. The van der Waals surface area contributed by atoms with Crippen molar-refractivity contribution in [3.8, 4) is 0 Å². The number of urea groups is 1. The van der Waals surface area contributed by atoms with E-state index < -0.39 is 0 Å². The van der Waals surface area contributed by atoms with Crippen molar-refractivity contribution in [1.82, 2.24) is 20.0 Å². The van der Waals surface area contributed by atoms with Gasteiger partial charge in [0, 0.05) is 44.3 Å². The Morgan fingerprint density at radius 2 is 1.47 bits per heavy atom. The number of nitrogens with zero attached hydrogens (tertiary/aromatic N) is 3. The Morgan fingerprint density at radius 3 is 2.19 bits per heavy atom. The third-order valence-corrected chi connectivity index (χ3v) is 6.48. The van der Waals surface area contributed by atoms with Gasteiger partial charge in [-0.2, -0.15) is 0 Å². The van der Waals surface area contributed by atoms with Gasteiger partial charge in [0.25, 0.3) is 0 Å². The summed E-state index contributed by atoms with van der Waals surface area (Å²) >= 11 is 5.91. The summed E-state index contributed by atoms with van der Waals surface area (Å²) in [6, 6.07) is 15.8. The Kier molecular flexibility index (Phi) is 7.66. The molecular weight excluding hydrogens is 424 g/mol. The van der Waals surface area contributed by atoms with Gasteiger partial charge in [0.15, 0.2) is 0 Å². The number of hydrogen-bond donors (Lipinski definition) is 1. The first-order valence-corrected chi connectivity index (χ1v) is 11.8. The van der Waals surface area contributed by atoms with Gasteiger partial charge < -0.3 is 15.1 Å². The first-order chi connectivity index (χ1) is 15.6. The Labute approximate surface area is 195 Å². The standard InChI is InChI=1S/C25H31ClN4O2/c26-23-8-6-20(7-9-23)17-24(31)29-12-14-30(15-13-29)25(32)27-18-21-4-3-5-22(16-21)19-28-10-1-2-11-28/h3-9,16H,1-2,10-15,17-19H2,(H,27,32). The molecule has 0 saturated carbocycles. The molecule has 6 nitrogen and oxygen atoms in total. The molecule has 0 unspecified atom stereocenters. The lowest BCUT2D eigenvalue weighted by Crippen LogP contribution is -2.53. The van der Waals surface area contributed by atoms with E-state index in [-0.39, 0.29) is 11.9 Å². The van der Waals surface area contributed by atoms with Crippen molar-refractivity contribution in [3.63, 3.8) is 0 Å². The van der Waals surface area contributed by atoms with Gasteiger partial charge in [-0.05, 0) is 54.8 Å². The summed E-state index contributed by atoms with van der Waals surface area (Å²) < 4.78 is 0. The van der Waals surface area contributed by atoms with Crippen LogP contribution in [-0.4, -0.2) is 65.9 Å². The number of benzene rings is 2. The first kappa shape index (κ1) is 22.6. The Hall–Kier alpha value is -2.57. The van der Waals surface area contributed by atoms with E-state index in [9.17, 15) is 9.59 Å². The third-order valence-electron chi connectivity index (χ3n) is 6.23. The second-order valence-electron chi connectivity index (χ2n) is 8.63. The second kappa shape index (κ2) is 10.8. The Balaban J connectivity index is 1.20. The van der Waals surface area contributed by atoms with E-state index in [0.29, 0.717) is 44.2 Å². The molecule has 2 aliphatic rings. The summed E-state index contributed by atoms with van der Waals surface area (Å²) in [5.74, 6) is 0.0854. The maximum atomic E-state index is 12.6. The van der Waals surface area contributed by atoms with E-state index in [2.05, 4.69) is 34.5 Å². The normalized spacial score (nSPS) is 16.9. The molecule has 7 heteroatoms. The van der Waals surface area contributed by atoms with E-state index in [1.807, 2.05) is 17.0 Å². The van der Waals surface area contributed by atoms with Gasteiger partial charge in [0.2, 0.25) is 5.91 Å². The molecular formula is C25H31ClN4O2. The zero-order valence-electron chi connectivity index (χ0n) is 18.4. The molecule has 4 rings (SSSR count). The molecule has 0 radical (unpaired) electrons. The lowest BCUT2D eigenvalue weighted by Gasteiger charge is -2.34. The minimum atomic E-state index is -0.0697. The lowest BCUT2D eigenvalue weighted by molar-refractivity contribution is -0.131. The molecule has 2 heterocycles. The van der Waals surface area contributed by atoms with Crippen molar-refractivity contribution in [1.29, 1.82) is 0 Å². The maximum Gasteiger partial charge on any atom is 0.317 e. The van der Waals surface area contributed by atoms with Crippen molar-refractivity contribution in [2.24, 2.45) is 0 Å². The van der Waals surface area contributed by atoms with Gasteiger partial charge >= 0.3 is 6.03 Å². The van der Waals surface area contributed by atoms with Crippen LogP contribution < -0.4 is 5.32 Å². The van der Waals surface area contributed by atoms with Crippen molar-refractivity contribution < 1.29 is 9.59 Å². The second-order valence-corrected chi connectivity index (χ2v) is 9.07. The summed E-state index contributed by atoms with van der Waals surface area (Å²) in [6.45, 7) is 6.07. The number of hydrogen-bond acceptors (Lipinski definition) is 3. The van der Waals surface area contributed by atoms with Crippen molar-refractivity contribution in [2.75, 3.05) is 39.3 Å². The molecule has 2 aliphatic heterocycles. The molecule has 0 aromatic heterocycles. The summed E-state index contributed by atoms with van der Waals surface area (Å²) in [7, 11) is 0. The molecule has 0 aliphatic carbocycles. The molecule has 2 fully saturated rings. The SMILES string of the molecule is O=C(Cc1ccc(Cl)cc1)N1CCN(C(=O)NCc2cccc(CN3CCCC3)c2)CC1. The highest BCUT2D eigenvalue weighted by atomic mass is 35.5. The van der Waals surface area contributed by atoms with Crippen LogP contribution >= 0.6 is 11.6 Å². The zero-order chi connectivity index (χ0) is 22.3. The van der Waals surface area contributed by atoms with Crippen LogP contribution in [0.1, 0.15) is 29.5 Å². The fourth-order valence-corrected chi connectivity index (χ4v) is 4.50. The van der Waals surface area contributed by atoms with Gasteiger partial charge in [-0.25, -0.2) is 4.79 Å². The van der Waals surface area contributed by atoms with Gasteiger partial charge in [-0.15, -0.1) is 0 Å². The average molecular weight is 455 g/mol. The third kappa shape index (κ3) is 6.24. The molecule has 3 amide bonds. The molecule has 2 saturated heterocycles. The highest BCUT2D eigenvalue weighted by molar-refractivity contribution is 6.30. The number of carbonyl (C=O) groups excluding carboxylic acids is 2. The molecule has 0 atom stereocenters. The lowest BCUT2D eigenvalue weighted by atomic mass is 10.1. The number of rotatable bonds is 6. The summed E-state index contributed by atoms with van der Waals surface area (Å²) in [5.41, 5.74) is 3.37. The van der Waals surface area contributed by atoms with Crippen LogP contribution in [0, 0.1) is 0 Å². The molecule has 0 bridgehead atoms. The highest BCUT2D eigenvalue weighted by Gasteiger charge is 2.24. The fraction of sp³-hybridized carbons (Fsp3) is 0.440. The topological polar surface area (TPSA) is 55.9 Å². The summed E-state index contributed by atoms with van der Waals surface area (Å²) in [5, 5.41) is 3.70. The Bertz CT molecular complexity index is 920. The van der Waals surface area contributed by atoms with E-state index in [1.165, 1.54) is 31.5 Å². The summed E-state index contributed by atoms with van der Waals surface area (Å²) in [6.07, 6.45) is 2.93. The number of halogens is 1. The number of likely N-dealkylation sites (tertiary alicyclic amines) is 1. The molecule has 0 spiro atoms. The van der Waals surface area contributed by atoms with E-state index in [1.54, 1.807) is 17.0 Å². The molecule has 2 aromatic carbocycles. The van der Waals surface area contributed by atoms with Crippen LogP contribution in [0.4, 0.5) is 4.79 Å². The quantitative estimate of drug-likeness (QED) is 0.726. The maximum absolute atomic E-state index is 12.6. The molecule has 2 aromatic rings. The fourth-order valence-electron chi connectivity index (χ4n) is 4.37. The first-order valence-electron chi connectivity index (χ1n) is 11.4. The van der Waals surface area contributed by atoms with Crippen molar-refractivity contribution in [2.45, 2.75) is 32.4 Å². The van der Waals surface area contributed by atoms with Crippen LogP contribution in [0.3, 0.4) is 0 Å². The number of nitrogens with one attached hydrogen (secondary N) is 1. The molecule has 1 N–H and O–H groups in total. The number of piperazine rings is 1. The van der Waals surface area contributed by atoms with E-state index in [0.717, 1.165) is 17.7 Å². The largest absolute Gasteiger partial charge is 0.339 e. The minimum absolute atomic E-state index is 0.0697. The van der Waals surface area contributed by atoms with Crippen LogP contribution in [0.5, 0.6) is 0 Å². The predicted octanol–water partition coefficient (Wildman–Crippen LogP) is 3.53. The van der Waals surface area contributed by atoms with E-state index in [4.69, 9.17) is 11.6 Å². The van der Waals surface area contributed by atoms with Crippen LogP contribution in [0.15, 0.2) is 48.5 Å². The molecule has 170 valence electrons. The number of amides is 3. The van der Waals surface area contributed by atoms with Crippen LogP contribution in [0.2, 0.25) is 5.02 Å². The van der Waals surface area contributed by atoms with Crippen molar-refractivity contribution in [3.05, 3.63) is 70.2 Å². The van der Waals surface area contributed by atoms with Gasteiger partial charge in [-0.3, -0.25) is 9.69 Å². The minimum Gasteiger partial charge on any atom is -0.339 e. The highest BCUT2D eigenvalue weighted by Crippen LogP contribution is 2.15. The smallest absolute Gasteiger partial charge is 0.317 e. The summed E-state index contributed by atoms with van der Waals surface area (Å²) in [4.78, 5) is 31.3. The van der Waals surface area contributed by atoms with Gasteiger partial charge in [0.05, 0.1) is 6.42 Å². The Morgan fingerprint density at radius 1 is 0.812 bits per heavy atom. The van der Waals surface area contributed by atoms with E-state index >= 15 is 0 Å².